The van der Waals surface area contributed by atoms with Crippen LogP contribution < -0.4 is 14.8 Å². The minimum atomic E-state index is -0.909. The quantitative estimate of drug-likeness (QED) is 0.795. The summed E-state index contributed by atoms with van der Waals surface area (Å²) in [6, 6.07) is 14.8. The van der Waals surface area contributed by atoms with Gasteiger partial charge in [0.05, 0.1) is 12.7 Å². The van der Waals surface area contributed by atoms with E-state index < -0.39 is 12.1 Å². The summed E-state index contributed by atoms with van der Waals surface area (Å²) < 4.78 is 15.9. The number of benzene rings is 2. The van der Waals surface area contributed by atoms with Gasteiger partial charge in [0.15, 0.2) is 6.10 Å². The summed E-state index contributed by atoms with van der Waals surface area (Å²) in [5, 5.41) is 2.75. The molecule has 3 rings (SSSR count). The van der Waals surface area contributed by atoms with E-state index in [4.69, 9.17) is 14.2 Å². The van der Waals surface area contributed by atoms with Gasteiger partial charge in [0, 0.05) is 12.1 Å². The van der Waals surface area contributed by atoms with Gasteiger partial charge in [0.2, 0.25) is 0 Å². The molecule has 0 saturated heterocycles. The molecule has 1 heterocycles. The normalized spacial score (nSPS) is 13.5. The van der Waals surface area contributed by atoms with Gasteiger partial charge in [0.1, 0.15) is 18.1 Å². The summed E-state index contributed by atoms with van der Waals surface area (Å²) in [5.74, 6) is 0.546. The Bertz CT molecular complexity index is 857. The van der Waals surface area contributed by atoms with E-state index in [1.807, 2.05) is 48.5 Å². The average molecular weight is 367 g/mol. The minimum absolute atomic E-state index is 0.121. The lowest BCUT2D eigenvalue weighted by Crippen LogP contribution is -2.36. The summed E-state index contributed by atoms with van der Waals surface area (Å²) in [7, 11) is 1.60. The molecule has 2 aromatic rings. The van der Waals surface area contributed by atoms with Crippen molar-refractivity contribution in [2.45, 2.75) is 19.6 Å². The number of fused-ring (bicyclic) bond motifs is 1. The van der Waals surface area contributed by atoms with Crippen molar-refractivity contribution >= 4 is 18.0 Å². The Balaban J connectivity index is 1.53. The van der Waals surface area contributed by atoms with Crippen molar-refractivity contribution in [2.24, 2.45) is 0 Å². The van der Waals surface area contributed by atoms with Crippen LogP contribution in [0.5, 0.6) is 11.5 Å². The molecule has 1 aliphatic rings. The van der Waals surface area contributed by atoms with E-state index in [9.17, 15) is 9.59 Å². The highest BCUT2D eigenvalue weighted by Gasteiger charge is 2.23. The highest BCUT2D eigenvalue weighted by Crippen LogP contribution is 2.26. The monoisotopic (exact) mass is 367 g/mol. The van der Waals surface area contributed by atoms with Crippen LogP contribution in [-0.4, -0.2) is 31.7 Å². The second kappa shape index (κ2) is 8.40. The summed E-state index contributed by atoms with van der Waals surface area (Å²) in [6.45, 7) is 2.00. The van der Waals surface area contributed by atoms with Crippen LogP contribution in [-0.2, 0) is 20.9 Å². The zero-order chi connectivity index (χ0) is 19.2. The number of esters is 1. The maximum Gasteiger partial charge on any atom is 0.338 e. The number of amides is 1. The molecule has 1 amide bonds. The molecule has 0 saturated carbocycles. The first-order valence-corrected chi connectivity index (χ1v) is 8.61. The molecular weight excluding hydrogens is 346 g/mol. The van der Waals surface area contributed by atoms with Crippen molar-refractivity contribution in [1.82, 2.24) is 5.32 Å². The molecule has 0 aromatic heterocycles. The Morgan fingerprint density at radius 1 is 1.15 bits per heavy atom. The average Bonchev–Trinajstić information content (AvgIpc) is 2.71. The Hall–Kier alpha value is -3.28. The Morgan fingerprint density at radius 3 is 2.63 bits per heavy atom. The van der Waals surface area contributed by atoms with E-state index in [1.165, 1.54) is 0 Å². The van der Waals surface area contributed by atoms with Crippen molar-refractivity contribution in [3.05, 3.63) is 65.2 Å². The largest absolute Gasteiger partial charge is 0.497 e. The van der Waals surface area contributed by atoms with Crippen molar-refractivity contribution in [1.29, 1.82) is 0 Å². The van der Waals surface area contributed by atoms with Crippen LogP contribution in [0.25, 0.3) is 6.08 Å². The molecule has 6 nitrogen and oxygen atoms in total. The minimum Gasteiger partial charge on any atom is -0.497 e. The van der Waals surface area contributed by atoms with Gasteiger partial charge in [-0.05, 0) is 36.8 Å². The van der Waals surface area contributed by atoms with E-state index in [2.05, 4.69) is 5.32 Å². The lowest BCUT2D eigenvalue weighted by Gasteiger charge is -2.19. The molecule has 0 aliphatic carbocycles. The number of methoxy groups -OCH3 is 1. The third-order valence-corrected chi connectivity index (χ3v) is 4.17. The Kier molecular flexibility index (Phi) is 5.76. The fourth-order valence-electron chi connectivity index (χ4n) is 2.60. The first-order chi connectivity index (χ1) is 13.1. The van der Waals surface area contributed by atoms with Gasteiger partial charge < -0.3 is 19.5 Å². The van der Waals surface area contributed by atoms with Gasteiger partial charge in [0.25, 0.3) is 5.91 Å². The summed E-state index contributed by atoms with van der Waals surface area (Å²) in [6.07, 6.45) is 0.817. The van der Waals surface area contributed by atoms with Crippen LogP contribution in [0.15, 0.2) is 54.1 Å². The van der Waals surface area contributed by atoms with Gasteiger partial charge in [-0.2, -0.15) is 0 Å². The van der Waals surface area contributed by atoms with Crippen molar-refractivity contribution < 1.29 is 23.8 Å². The summed E-state index contributed by atoms with van der Waals surface area (Å²) in [5.41, 5.74) is 2.11. The number of rotatable bonds is 6. The fourth-order valence-corrected chi connectivity index (χ4v) is 2.60. The smallest absolute Gasteiger partial charge is 0.338 e. The molecule has 2 aromatic carbocycles. The van der Waals surface area contributed by atoms with Crippen LogP contribution in [0.2, 0.25) is 0 Å². The lowest BCUT2D eigenvalue weighted by molar-refractivity contribution is -0.151. The van der Waals surface area contributed by atoms with Gasteiger partial charge in [-0.1, -0.05) is 30.3 Å². The first kappa shape index (κ1) is 18.5. The van der Waals surface area contributed by atoms with Gasteiger partial charge in [-0.3, -0.25) is 4.79 Å². The maximum atomic E-state index is 12.3. The van der Waals surface area contributed by atoms with E-state index in [1.54, 1.807) is 20.1 Å². The zero-order valence-electron chi connectivity index (χ0n) is 15.2. The number of carbonyl (C=O) groups excluding carboxylic acids is 2. The predicted octanol–water partition coefficient (Wildman–Crippen LogP) is 2.72. The van der Waals surface area contributed by atoms with E-state index >= 15 is 0 Å². The number of hydrogen-bond acceptors (Lipinski definition) is 5. The molecule has 1 N–H and O–H groups in total. The topological polar surface area (TPSA) is 73.9 Å². The molecule has 1 atom stereocenters. The number of hydrogen-bond donors (Lipinski definition) is 1. The molecule has 0 bridgehead atoms. The molecule has 6 heteroatoms. The molecule has 0 radical (unpaired) electrons. The summed E-state index contributed by atoms with van der Waals surface area (Å²) in [4.78, 5) is 24.5. The molecule has 0 unspecified atom stereocenters. The van der Waals surface area contributed by atoms with Crippen LogP contribution in [0, 0.1) is 0 Å². The van der Waals surface area contributed by atoms with Crippen molar-refractivity contribution in [3.8, 4) is 11.5 Å². The van der Waals surface area contributed by atoms with E-state index in [0.717, 1.165) is 22.6 Å². The Labute approximate surface area is 157 Å². The third kappa shape index (κ3) is 4.67. The standard InChI is InChI=1S/C21H21NO5/c1-14(20(23)22-12-15-7-9-18(25-2)10-8-15)27-21(24)17-11-16-5-3-4-6-19(16)26-13-17/h3-11,14H,12-13H2,1-2H3,(H,22,23)/t14-/m0/s1. The predicted molar refractivity (Wildman–Crippen MR) is 100 cm³/mol. The SMILES string of the molecule is COc1ccc(CNC(=O)[C@H](C)OC(=O)C2=Cc3ccccc3OC2)cc1. The third-order valence-electron chi connectivity index (χ3n) is 4.17. The number of para-hydroxylation sites is 1. The van der Waals surface area contributed by atoms with Crippen LogP contribution in [0.3, 0.4) is 0 Å². The zero-order valence-corrected chi connectivity index (χ0v) is 15.2. The number of carbonyl (C=O) groups is 2. The van der Waals surface area contributed by atoms with Gasteiger partial charge >= 0.3 is 5.97 Å². The van der Waals surface area contributed by atoms with Crippen molar-refractivity contribution in [3.63, 3.8) is 0 Å². The second-order valence-corrected chi connectivity index (χ2v) is 6.11. The lowest BCUT2D eigenvalue weighted by atomic mass is 10.1. The number of nitrogens with one attached hydrogen (secondary N) is 1. The second-order valence-electron chi connectivity index (χ2n) is 6.11. The Morgan fingerprint density at radius 2 is 1.89 bits per heavy atom. The van der Waals surface area contributed by atoms with Crippen LogP contribution in [0.4, 0.5) is 0 Å². The van der Waals surface area contributed by atoms with Crippen LogP contribution >= 0.6 is 0 Å². The molecule has 1 aliphatic heterocycles. The van der Waals surface area contributed by atoms with Crippen molar-refractivity contribution in [2.75, 3.05) is 13.7 Å². The molecule has 0 spiro atoms. The van der Waals surface area contributed by atoms with Crippen LogP contribution in [0.1, 0.15) is 18.1 Å². The molecule has 27 heavy (non-hydrogen) atoms. The van der Waals surface area contributed by atoms with E-state index in [-0.39, 0.29) is 12.5 Å². The highest BCUT2D eigenvalue weighted by molar-refractivity contribution is 5.96. The molecule has 140 valence electrons. The first-order valence-electron chi connectivity index (χ1n) is 8.61. The summed E-state index contributed by atoms with van der Waals surface area (Å²) >= 11 is 0. The highest BCUT2D eigenvalue weighted by atomic mass is 16.6. The van der Waals surface area contributed by atoms with E-state index in [0.29, 0.717) is 12.1 Å². The fraction of sp³-hybridized carbons (Fsp3) is 0.238. The molecular formula is C21H21NO5. The maximum absolute atomic E-state index is 12.3. The van der Waals surface area contributed by atoms with Gasteiger partial charge in [-0.25, -0.2) is 4.79 Å². The van der Waals surface area contributed by atoms with Gasteiger partial charge in [-0.15, -0.1) is 0 Å². The number of ether oxygens (including phenoxy) is 3. The molecule has 0 fully saturated rings.